The molecule has 0 heterocycles. The second-order valence-electron chi connectivity index (χ2n) is 6.15. The molecule has 2 rings (SSSR count). The second-order valence-corrected chi connectivity index (χ2v) is 8.89. The topological polar surface area (TPSA) is 84.9 Å². The molecule has 1 N–H and O–H groups in total. The molecule has 0 atom stereocenters. The zero-order chi connectivity index (χ0) is 21.3. The van der Waals surface area contributed by atoms with E-state index >= 15 is 0 Å². The zero-order valence-corrected chi connectivity index (χ0v) is 18.4. The molecule has 0 saturated heterocycles. The van der Waals surface area contributed by atoms with Crippen molar-refractivity contribution >= 4 is 33.6 Å². The van der Waals surface area contributed by atoms with E-state index in [2.05, 4.69) is 5.32 Å². The summed E-state index contributed by atoms with van der Waals surface area (Å²) in [6, 6.07) is 14.0. The lowest BCUT2D eigenvalue weighted by Crippen LogP contribution is -2.36. The monoisotopic (exact) mass is 438 g/mol. The summed E-state index contributed by atoms with van der Waals surface area (Å²) in [5, 5.41) is 2.88. The third kappa shape index (κ3) is 7.60. The summed E-state index contributed by atoms with van der Waals surface area (Å²) in [5.41, 5.74) is 1.44. The number of carbonyl (C=O) groups is 1. The van der Waals surface area contributed by atoms with Gasteiger partial charge >= 0.3 is 16.1 Å². The predicted octanol–water partition coefficient (Wildman–Crippen LogP) is 3.82. The number of urea groups is 1. The lowest BCUT2D eigenvalue weighted by molar-refractivity contribution is 0.153. The van der Waals surface area contributed by atoms with E-state index in [9.17, 15) is 13.2 Å². The van der Waals surface area contributed by atoms with E-state index in [0.29, 0.717) is 18.8 Å². The van der Waals surface area contributed by atoms with Gasteiger partial charge in [0.25, 0.3) is 0 Å². The first kappa shape index (κ1) is 23.1. The van der Waals surface area contributed by atoms with Crippen molar-refractivity contribution in [1.29, 1.82) is 0 Å². The van der Waals surface area contributed by atoms with Gasteiger partial charge in [-0.15, -0.1) is 11.8 Å². The van der Waals surface area contributed by atoms with Crippen molar-refractivity contribution in [2.75, 3.05) is 37.6 Å². The summed E-state index contributed by atoms with van der Waals surface area (Å²) in [6.07, 6.45) is 1.99. The Morgan fingerprint density at radius 3 is 2.52 bits per heavy atom. The molecule has 0 bridgehead atoms. The highest BCUT2D eigenvalue weighted by molar-refractivity contribution is 7.98. The van der Waals surface area contributed by atoms with Crippen LogP contribution in [-0.4, -0.2) is 51.6 Å². The average Bonchev–Trinajstić information content (AvgIpc) is 2.71. The molecule has 0 aliphatic carbocycles. The predicted molar refractivity (Wildman–Crippen MR) is 116 cm³/mol. The van der Waals surface area contributed by atoms with Crippen LogP contribution in [0, 0.1) is 0 Å². The van der Waals surface area contributed by atoms with Crippen molar-refractivity contribution in [1.82, 2.24) is 4.90 Å². The van der Waals surface area contributed by atoms with Gasteiger partial charge in [-0.3, -0.25) is 0 Å². The normalized spacial score (nSPS) is 11.1. The number of hydrogen-bond donors (Lipinski definition) is 1. The summed E-state index contributed by atoms with van der Waals surface area (Å²) < 4.78 is 33.5. The van der Waals surface area contributed by atoms with Gasteiger partial charge in [0.05, 0.1) is 12.4 Å². The van der Waals surface area contributed by atoms with E-state index in [-0.39, 0.29) is 24.1 Å². The maximum Gasteiger partial charge on any atom is 0.322 e. The van der Waals surface area contributed by atoms with Crippen molar-refractivity contribution in [2.45, 2.75) is 18.4 Å². The maximum atomic E-state index is 12.8. The molecule has 0 unspecified atom stereocenters. The van der Waals surface area contributed by atoms with Gasteiger partial charge in [0.1, 0.15) is 5.75 Å². The highest BCUT2D eigenvalue weighted by atomic mass is 32.2. The molecule has 0 aromatic heterocycles. The molecule has 0 fully saturated rings. The van der Waals surface area contributed by atoms with E-state index in [1.807, 2.05) is 36.6 Å². The van der Waals surface area contributed by atoms with E-state index in [1.165, 1.54) is 6.92 Å². The minimum absolute atomic E-state index is 0.116. The lowest BCUT2D eigenvalue weighted by atomic mass is 10.2. The fraction of sp³-hybridized carbons (Fsp3) is 0.350. The SMILES string of the molecule is CCS(=O)(=O)Oc1cccc(CN(CCOC)C(=O)Nc2ccc(SC)cc2)c1. The van der Waals surface area contributed by atoms with Gasteiger partial charge in [0.15, 0.2) is 0 Å². The van der Waals surface area contributed by atoms with E-state index in [0.717, 1.165) is 10.5 Å². The zero-order valence-electron chi connectivity index (χ0n) is 16.8. The fourth-order valence-corrected chi connectivity index (χ4v) is 3.38. The van der Waals surface area contributed by atoms with Crippen LogP contribution in [0.4, 0.5) is 10.5 Å². The first-order valence-electron chi connectivity index (χ1n) is 9.07. The molecule has 0 aliphatic heterocycles. The van der Waals surface area contributed by atoms with Crippen LogP contribution in [0.3, 0.4) is 0 Å². The minimum atomic E-state index is -3.61. The fourth-order valence-electron chi connectivity index (χ4n) is 2.45. The largest absolute Gasteiger partial charge is 0.383 e. The van der Waals surface area contributed by atoms with Crippen LogP contribution in [-0.2, 0) is 21.4 Å². The first-order valence-corrected chi connectivity index (χ1v) is 11.9. The molecule has 2 aromatic rings. The van der Waals surface area contributed by atoms with Crippen LogP contribution in [0.1, 0.15) is 12.5 Å². The molecule has 0 radical (unpaired) electrons. The number of nitrogens with zero attached hydrogens (tertiary/aromatic N) is 1. The van der Waals surface area contributed by atoms with Gasteiger partial charge in [0, 0.05) is 30.8 Å². The third-order valence-electron chi connectivity index (χ3n) is 4.04. The molecule has 2 aromatic carbocycles. The highest BCUT2D eigenvalue weighted by Crippen LogP contribution is 2.19. The van der Waals surface area contributed by atoms with Gasteiger partial charge < -0.3 is 19.1 Å². The summed E-state index contributed by atoms with van der Waals surface area (Å²) in [5.74, 6) is 0.110. The van der Waals surface area contributed by atoms with Crippen LogP contribution in [0.5, 0.6) is 5.75 Å². The maximum absolute atomic E-state index is 12.8. The Balaban J connectivity index is 2.11. The third-order valence-corrected chi connectivity index (χ3v) is 5.94. The van der Waals surface area contributed by atoms with Crippen molar-refractivity contribution in [3.63, 3.8) is 0 Å². The number of benzene rings is 2. The van der Waals surface area contributed by atoms with Crippen LogP contribution in [0.2, 0.25) is 0 Å². The molecule has 0 aliphatic rings. The number of thioether (sulfide) groups is 1. The van der Waals surface area contributed by atoms with Crippen molar-refractivity contribution in [2.24, 2.45) is 0 Å². The Morgan fingerprint density at radius 1 is 1.17 bits per heavy atom. The number of nitrogens with one attached hydrogen (secondary N) is 1. The molecule has 29 heavy (non-hydrogen) atoms. The van der Waals surface area contributed by atoms with Crippen molar-refractivity contribution < 1.29 is 22.1 Å². The van der Waals surface area contributed by atoms with Gasteiger partial charge in [-0.25, -0.2) is 4.79 Å². The number of methoxy groups -OCH3 is 1. The molecule has 7 nitrogen and oxygen atoms in total. The molecule has 0 saturated carbocycles. The Labute approximate surface area is 176 Å². The molecule has 0 spiro atoms. The standard InChI is InChI=1S/C20H26N2O5S2/c1-4-29(24,25)27-18-7-5-6-16(14-18)15-22(12-13-26-2)20(23)21-17-8-10-19(28-3)11-9-17/h5-11,14H,4,12-13,15H2,1-3H3,(H,21,23). The van der Waals surface area contributed by atoms with Crippen LogP contribution in [0.25, 0.3) is 0 Å². The number of rotatable bonds is 10. The van der Waals surface area contributed by atoms with Gasteiger partial charge in [-0.1, -0.05) is 12.1 Å². The number of hydrogen-bond acceptors (Lipinski definition) is 6. The number of amides is 2. The minimum Gasteiger partial charge on any atom is -0.383 e. The Kier molecular flexibility index (Phi) is 8.81. The first-order chi connectivity index (χ1) is 13.9. The van der Waals surface area contributed by atoms with Gasteiger partial charge in [-0.2, -0.15) is 8.42 Å². The lowest BCUT2D eigenvalue weighted by Gasteiger charge is -2.23. The Bertz CT molecular complexity index is 901. The average molecular weight is 439 g/mol. The summed E-state index contributed by atoms with van der Waals surface area (Å²) in [4.78, 5) is 15.5. The van der Waals surface area contributed by atoms with Crippen LogP contribution >= 0.6 is 11.8 Å². The van der Waals surface area contributed by atoms with E-state index in [1.54, 1.807) is 42.0 Å². The Morgan fingerprint density at radius 2 is 1.90 bits per heavy atom. The van der Waals surface area contributed by atoms with Crippen LogP contribution in [0.15, 0.2) is 53.4 Å². The van der Waals surface area contributed by atoms with Gasteiger partial charge in [-0.05, 0) is 55.1 Å². The molecule has 158 valence electrons. The highest BCUT2D eigenvalue weighted by Gasteiger charge is 2.16. The quantitative estimate of drug-likeness (QED) is 0.448. The number of ether oxygens (including phenoxy) is 1. The Hall–Kier alpha value is -2.23. The van der Waals surface area contributed by atoms with Crippen molar-refractivity contribution in [3.05, 3.63) is 54.1 Å². The summed E-state index contributed by atoms with van der Waals surface area (Å²) >= 11 is 1.63. The summed E-state index contributed by atoms with van der Waals surface area (Å²) in [6.45, 7) is 2.55. The van der Waals surface area contributed by atoms with E-state index in [4.69, 9.17) is 8.92 Å². The van der Waals surface area contributed by atoms with Crippen molar-refractivity contribution in [3.8, 4) is 5.75 Å². The van der Waals surface area contributed by atoms with E-state index < -0.39 is 10.1 Å². The molecular weight excluding hydrogens is 412 g/mol. The summed E-state index contributed by atoms with van der Waals surface area (Å²) in [7, 11) is -2.04. The molecule has 9 heteroatoms. The van der Waals surface area contributed by atoms with Crippen LogP contribution < -0.4 is 9.50 Å². The second kappa shape index (κ2) is 11.1. The van der Waals surface area contributed by atoms with Gasteiger partial charge in [0.2, 0.25) is 0 Å². The molecular formula is C20H26N2O5S2. The number of carbonyl (C=O) groups excluding carboxylic acids is 1. The molecule has 2 amide bonds. The smallest absolute Gasteiger partial charge is 0.322 e. The number of anilines is 1.